The van der Waals surface area contributed by atoms with E-state index in [4.69, 9.17) is 0 Å². The molecule has 0 atom stereocenters. The minimum atomic E-state index is 0.126. The Bertz CT molecular complexity index is 548. The number of rotatable bonds is 5. The van der Waals surface area contributed by atoms with Gasteiger partial charge in [0.15, 0.2) is 5.78 Å². The van der Waals surface area contributed by atoms with Crippen LogP contribution in [-0.2, 0) is 6.54 Å². The molecule has 0 amide bonds. The van der Waals surface area contributed by atoms with Crippen LogP contribution < -0.4 is 0 Å². The molecule has 0 spiro atoms. The van der Waals surface area contributed by atoms with Gasteiger partial charge in [-0.2, -0.15) is 5.10 Å². The van der Waals surface area contributed by atoms with Crippen molar-refractivity contribution in [3.8, 4) is 0 Å². The number of nitrogens with zero attached hydrogens (tertiary/aromatic N) is 2. The van der Waals surface area contributed by atoms with Gasteiger partial charge in [-0.25, -0.2) is 0 Å². The van der Waals surface area contributed by atoms with Gasteiger partial charge in [-0.1, -0.05) is 17.7 Å². The molecule has 0 N–H and O–H groups in total. The highest BCUT2D eigenvalue weighted by atomic mass is 32.2. The van der Waals surface area contributed by atoms with Gasteiger partial charge in [0, 0.05) is 17.6 Å². The number of aromatic nitrogens is 2. The van der Waals surface area contributed by atoms with Gasteiger partial charge >= 0.3 is 0 Å². The SMILES string of the molecule is CCn1nccc1C(=O)CSc1cccc(C)c1. The van der Waals surface area contributed by atoms with Crippen molar-refractivity contribution in [2.45, 2.75) is 25.3 Å². The fourth-order valence-corrected chi connectivity index (χ4v) is 2.64. The number of Topliss-reactive ketones (excluding diaryl/α,β-unsaturated/α-hetero) is 1. The molecule has 94 valence electrons. The average Bonchev–Trinajstić information content (AvgIpc) is 2.84. The molecule has 1 aromatic carbocycles. The predicted molar refractivity (Wildman–Crippen MR) is 74.1 cm³/mol. The minimum absolute atomic E-state index is 0.126. The van der Waals surface area contributed by atoms with Crippen LogP contribution in [0.2, 0.25) is 0 Å². The van der Waals surface area contributed by atoms with Crippen molar-refractivity contribution in [2.75, 3.05) is 5.75 Å². The Morgan fingerprint density at radius 2 is 2.22 bits per heavy atom. The van der Waals surface area contributed by atoms with E-state index in [-0.39, 0.29) is 5.78 Å². The number of aryl methyl sites for hydroxylation is 2. The zero-order valence-electron chi connectivity index (χ0n) is 10.6. The summed E-state index contributed by atoms with van der Waals surface area (Å²) in [6.07, 6.45) is 1.67. The third-order valence-corrected chi connectivity index (χ3v) is 3.66. The summed E-state index contributed by atoms with van der Waals surface area (Å²) in [7, 11) is 0. The van der Waals surface area contributed by atoms with Crippen LogP contribution in [0.4, 0.5) is 0 Å². The highest BCUT2D eigenvalue weighted by Crippen LogP contribution is 2.20. The molecule has 2 aromatic rings. The fraction of sp³-hybridized carbons (Fsp3) is 0.286. The monoisotopic (exact) mass is 260 g/mol. The number of benzene rings is 1. The Morgan fingerprint density at radius 1 is 1.39 bits per heavy atom. The maximum absolute atomic E-state index is 12.1. The van der Waals surface area contributed by atoms with Crippen molar-refractivity contribution in [3.05, 3.63) is 47.8 Å². The molecule has 0 aliphatic heterocycles. The second kappa shape index (κ2) is 5.87. The molecule has 1 aromatic heterocycles. The fourth-order valence-electron chi connectivity index (χ4n) is 1.75. The second-order valence-corrected chi connectivity index (χ2v) is 5.11. The maximum atomic E-state index is 12.1. The Labute approximate surface area is 111 Å². The molecule has 4 heteroatoms. The molecule has 0 fully saturated rings. The standard InChI is InChI=1S/C14H16N2OS/c1-3-16-13(7-8-15-16)14(17)10-18-12-6-4-5-11(2)9-12/h4-9H,3,10H2,1-2H3. The topological polar surface area (TPSA) is 34.9 Å². The average molecular weight is 260 g/mol. The lowest BCUT2D eigenvalue weighted by Gasteiger charge is -2.04. The smallest absolute Gasteiger partial charge is 0.191 e. The van der Waals surface area contributed by atoms with E-state index in [1.54, 1.807) is 28.7 Å². The first-order valence-corrected chi connectivity index (χ1v) is 6.93. The van der Waals surface area contributed by atoms with E-state index in [9.17, 15) is 4.79 Å². The highest BCUT2D eigenvalue weighted by molar-refractivity contribution is 8.00. The van der Waals surface area contributed by atoms with Crippen LogP contribution in [0.5, 0.6) is 0 Å². The van der Waals surface area contributed by atoms with Gasteiger partial charge in [-0.3, -0.25) is 9.48 Å². The van der Waals surface area contributed by atoms with Gasteiger partial charge in [-0.05, 0) is 32.0 Å². The largest absolute Gasteiger partial charge is 0.292 e. The molecule has 0 saturated carbocycles. The van der Waals surface area contributed by atoms with Crippen LogP contribution in [0.3, 0.4) is 0 Å². The van der Waals surface area contributed by atoms with Crippen LogP contribution in [0, 0.1) is 6.92 Å². The van der Waals surface area contributed by atoms with E-state index in [0.29, 0.717) is 11.4 Å². The summed E-state index contributed by atoms with van der Waals surface area (Å²) < 4.78 is 1.74. The summed E-state index contributed by atoms with van der Waals surface area (Å²) in [4.78, 5) is 13.2. The predicted octanol–water partition coefficient (Wildman–Crippen LogP) is 3.19. The van der Waals surface area contributed by atoms with E-state index in [1.165, 1.54) is 5.56 Å². The van der Waals surface area contributed by atoms with Crippen molar-refractivity contribution < 1.29 is 4.79 Å². The number of carbonyl (C=O) groups is 1. The summed E-state index contributed by atoms with van der Waals surface area (Å²) in [5, 5.41) is 4.11. The number of hydrogen-bond donors (Lipinski definition) is 0. The van der Waals surface area contributed by atoms with Gasteiger partial charge in [0.05, 0.1) is 5.75 Å². The van der Waals surface area contributed by atoms with Crippen LogP contribution in [0.1, 0.15) is 23.0 Å². The zero-order valence-corrected chi connectivity index (χ0v) is 11.4. The minimum Gasteiger partial charge on any atom is -0.292 e. The molecule has 3 nitrogen and oxygen atoms in total. The van der Waals surface area contributed by atoms with Gasteiger partial charge in [-0.15, -0.1) is 11.8 Å². The molecule has 1 heterocycles. The Morgan fingerprint density at radius 3 is 2.94 bits per heavy atom. The van der Waals surface area contributed by atoms with E-state index < -0.39 is 0 Å². The maximum Gasteiger partial charge on any atom is 0.191 e. The lowest BCUT2D eigenvalue weighted by molar-refractivity contribution is 0.101. The molecule has 18 heavy (non-hydrogen) atoms. The lowest BCUT2D eigenvalue weighted by atomic mass is 10.2. The van der Waals surface area contributed by atoms with E-state index >= 15 is 0 Å². The second-order valence-electron chi connectivity index (χ2n) is 4.06. The van der Waals surface area contributed by atoms with Crippen LogP contribution >= 0.6 is 11.8 Å². The molecule has 0 saturated heterocycles. The zero-order chi connectivity index (χ0) is 13.0. The van der Waals surface area contributed by atoms with Crippen molar-refractivity contribution in [1.82, 2.24) is 9.78 Å². The summed E-state index contributed by atoms with van der Waals surface area (Å²) in [6, 6.07) is 9.97. The van der Waals surface area contributed by atoms with Crippen LogP contribution in [0.15, 0.2) is 41.4 Å². The molecule has 0 aliphatic rings. The Kier molecular flexibility index (Phi) is 4.20. The number of carbonyl (C=O) groups excluding carboxylic acids is 1. The lowest BCUT2D eigenvalue weighted by Crippen LogP contribution is -2.11. The van der Waals surface area contributed by atoms with Crippen molar-refractivity contribution in [1.29, 1.82) is 0 Å². The third kappa shape index (κ3) is 3.01. The van der Waals surface area contributed by atoms with Crippen molar-refractivity contribution in [2.24, 2.45) is 0 Å². The highest BCUT2D eigenvalue weighted by Gasteiger charge is 2.11. The number of hydrogen-bond acceptors (Lipinski definition) is 3. The van der Waals surface area contributed by atoms with Gasteiger partial charge in [0.1, 0.15) is 5.69 Å². The molecular formula is C14H16N2OS. The first-order chi connectivity index (χ1) is 8.70. The van der Waals surface area contributed by atoms with Gasteiger partial charge < -0.3 is 0 Å². The molecule has 0 bridgehead atoms. The summed E-state index contributed by atoms with van der Waals surface area (Å²) in [6.45, 7) is 4.76. The van der Waals surface area contributed by atoms with E-state index in [1.807, 2.05) is 19.1 Å². The first-order valence-electron chi connectivity index (χ1n) is 5.95. The Hall–Kier alpha value is -1.55. The molecular weight excluding hydrogens is 244 g/mol. The number of thioether (sulfide) groups is 1. The van der Waals surface area contributed by atoms with E-state index in [0.717, 1.165) is 11.4 Å². The van der Waals surface area contributed by atoms with Gasteiger partial charge in [0.25, 0.3) is 0 Å². The van der Waals surface area contributed by atoms with E-state index in [2.05, 4.69) is 24.2 Å². The van der Waals surface area contributed by atoms with Crippen molar-refractivity contribution >= 4 is 17.5 Å². The molecule has 0 aliphatic carbocycles. The third-order valence-electron chi connectivity index (χ3n) is 2.66. The molecule has 2 rings (SSSR count). The first kappa shape index (κ1) is 12.9. The quantitative estimate of drug-likeness (QED) is 0.611. The van der Waals surface area contributed by atoms with Crippen molar-refractivity contribution in [3.63, 3.8) is 0 Å². The summed E-state index contributed by atoms with van der Waals surface area (Å²) >= 11 is 1.57. The number of ketones is 1. The van der Waals surface area contributed by atoms with Gasteiger partial charge in [0.2, 0.25) is 0 Å². The summed E-state index contributed by atoms with van der Waals surface area (Å²) in [5.41, 5.74) is 1.91. The van der Waals surface area contributed by atoms with Crippen LogP contribution in [-0.4, -0.2) is 21.3 Å². The Balaban J connectivity index is 2.00. The summed E-state index contributed by atoms with van der Waals surface area (Å²) in [5.74, 6) is 0.579. The molecule has 0 unspecified atom stereocenters. The molecule has 0 radical (unpaired) electrons. The normalized spacial score (nSPS) is 10.6. The van der Waals surface area contributed by atoms with Crippen LogP contribution in [0.25, 0.3) is 0 Å².